The van der Waals surface area contributed by atoms with Crippen molar-refractivity contribution in [2.75, 3.05) is 39.8 Å². The van der Waals surface area contributed by atoms with Gasteiger partial charge in [-0.1, -0.05) is 0 Å². The van der Waals surface area contributed by atoms with E-state index in [0.717, 1.165) is 19.5 Å². The fourth-order valence-corrected chi connectivity index (χ4v) is 1.68. The van der Waals surface area contributed by atoms with Gasteiger partial charge in [0.1, 0.15) is 0 Å². The third-order valence-electron chi connectivity index (χ3n) is 2.79. The van der Waals surface area contributed by atoms with E-state index in [9.17, 15) is 9.59 Å². The molecule has 0 aromatic heterocycles. The van der Waals surface area contributed by atoms with Crippen LogP contribution in [-0.2, 0) is 4.79 Å². The largest absolute Gasteiger partial charge is 0.480 e. The molecule has 1 heterocycles. The molecule has 0 spiro atoms. The first kappa shape index (κ1) is 13.7. The first-order valence-electron chi connectivity index (χ1n) is 5.62. The summed E-state index contributed by atoms with van der Waals surface area (Å²) in [5.74, 6) is -1.23. The molecule has 2 amide bonds. The van der Waals surface area contributed by atoms with Crippen molar-refractivity contribution in [3.63, 3.8) is 0 Å². The molecular weight excluding hydrogens is 226 g/mol. The number of nitrogens with zero attached hydrogens (tertiary/aromatic N) is 2. The summed E-state index contributed by atoms with van der Waals surface area (Å²) in [6, 6.07) is -1.66. The van der Waals surface area contributed by atoms with E-state index >= 15 is 0 Å². The highest BCUT2D eigenvalue weighted by molar-refractivity contribution is 5.82. The van der Waals surface area contributed by atoms with Crippen molar-refractivity contribution >= 4 is 12.0 Å². The SMILES string of the molecule is CN1CCCN(C(=O)NC(CO)C(=O)O)CC1. The molecule has 17 heavy (non-hydrogen) atoms. The maximum Gasteiger partial charge on any atom is 0.328 e. The minimum atomic E-state index is -1.23. The van der Waals surface area contributed by atoms with Gasteiger partial charge in [-0.05, 0) is 20.0 Å². The number of aliphatic carboxylic acids is 1. The summed E-state index contributed by atoms with van der Waals surface area (Å²) in [7, 11) is 1.98. The Balaban J connectivity index is 2.48. The zero-order valence-corrected chi connectivity index (χ0v) is 9.93. The summed E-state index contributed by atoms with van der Waals surface area (Å²) in [5.41, 5.74) is 0. The van der Waals surface area contributed by atoms with E-state index in [4.69, 9.17) is 10.2 Å². The molecule has 1 rings (SSSR count). The monoisotopic (exact) mass is 245 g/mol. The fraction of sp³-hybridized carbons (Fsp3) is 0.800. The van der Waals surface area contributed by atoms with Crippen LogP contribution in [0.3, 0.4) is 0 Å². The van der Waals surface area contributed by atoms with E-state index in [2.05, 4.69) is 10.2 Å². The average Bonchev–Trinajstić information content (AvgIpc) is 2.50. The van der Waals surface area contributed by atoms with Crippen molar-refractivity contribution in [3.8, 4) is 0 Å². The summed E-state index contributed by atoms with van der Waals surface area (Å²) < 4.78 is 0. The maximum atomic E-state index is 11.8. The molecule has 0 aromatic carbocycles. The minimum Gasteiger partial charge on any atom is -0.480 e. The minimum absolute atomic E-state index is 0.429. The van der Waals surface area contributed by atoms with Gasteiger partial charge in [0.25, 0.3) is 0 Å². The van der Waals surface area contributed by atoms with Crippen LogP contribution in [0.1, 0.15) is 6.42 Å². The van der Waals surface area contributed by atoms with Crippen LogP contribution in [-0.4, -0.2) is 77.9 Å². The number of rotatable bonds is 3. The van der Waals surface area contributed by atoms with E-state index in [1.54, 1.807) is 4.90 Å². The molecule has 0 aromatic rings. The second kappa shape index (κ2) is 6.41. The Bertz CT molecular complexity index is 285. The van der Waals surface area contributed by atoms with Crippen LogP contribution in [0.25, 0.3) is 0 Å². The highest BCUT2D eigenvalue weighted by Gasteiger charge is 2.23. The summed E-state index contributed by atoms with van der Waals surface area (Å²) in [5, 5.41) is 19.8. The molecule has 1 atom stereocenters. The van der Waals surface area contributed by atoms with Crippen molar-refractivity contribution in [2.24, 2.45) is 0 Å². The van der Waals surface area contributed by atoms with Crippen molar-refractivity contribution in [3.05, 3.63) is 0 Å². The second-order valence-corrected chi connectivity index (χ2v) is 4.17. The van der Waals surface area contributed by atoms with E-state index in [1.165, 1.54) is 0 Å². The third kappa shape index (κ3) is 4.20. The number of carbonyl (C=O) groups is 2. The highest BCUT2D eigenvalue weighted by Crippen LogP contribution is 2.01. The molecule has 1 unspecified atom stereocenters. The van der Waals surface area contributed by atoms with E-state index in [0.29, 0.717) is 13.1 Å². The predicted molar refractivity (Wildman–Crippen MR) is 60.7 cm³/mol. The molecule has 1 aliphatic rings. The zero-order chi connectivity index (χ0) is 12.8. The summed E-state index contributed by atoms with van der Waals surface area (Å²) in [6.45, 7) is 2.26. The van der Waals surface area contributed by atoms with Gasteiger partial charge in [0.2, 0.25) is 0 Å². The average molecular weight is 245 g/mol. The Morgan fingerprint density at radius 1 is 1.29 bits per heavy atom. The lowest BCUT2D eigenvalue weighted by Crippen LogP contribution is -2.50. The van der Waals surface area contributed by atoms with Gasteiger partial charge in [0.15, 0.2) is 6.04 Å². The predicted octanol–water partition coefficient (Wildman–Crippen LogP) is -1.22. The number of carboxylic acids is 1. The molecule has 7 nitrogen and oxygen atoms in total. The molecule has 1 saturated heterocycles. The second-order valence-electron chi connectivity index (χ2n) is 4.17. The van der Waals surface area contributed by atoms with Crippen molar-refractivity contribution in [2.45, 2.75) is 12.5 Å². The van der Waals surface area contributed by atoms with Crippen molar-refractivity contribution < 1.29 is 19.8 Å². The van der Waals surface area contributed by atoms with Crippen LogP contribution in [0.5, 0.6) is 0 Å². The molecule has 1 fully saturated rings. The van der Waals surface area contributed by atoms with Gasteiger partial charge in [0.05, 0.1) is 6.61 Å². The Morgan fingerprint density at radius 2 is 2.00 bits per heavy atom. The Kier molecular flexibility index (Phi) is 5.17. The number of aliphatic hydroxyl groups is 1. The number of hydrogen-bond donors (Lipinski definition) is 3. The van der Waals surface area contributed by atoms with Gasteiger partial charge in [-0.2, -0.15) is 0 Å². The summed E-state index contributed by atoms with van der Waals surface area (Å²) in [6.07, 6.45) is 0.862. The third-order valence-corrected chi connectivity index (χ3v) is 2.79. The first-order valence-corrected chi connectivity index (χ1v) is 5.62. The van der Waals surface area contributed by atoms with Crippen molar-refractivity contribution in [1.82, 2.24) is 15.1 Å². The number of urea groups is 1. The summed E-state index contributed by atoms with van der Waals surface area (Å²) >= 11 is 0. The molecule has 0 saturated carbocycles. The number of amides is 2. The molecular formula is C10H19N3O4. The Labute approximate surface area is 100.0 Å². The van der Waals surface area contributed by atoms with Crippen LogP contribution < -0.4 is 5.32 Å². The van der Waals surface area contributed by atoms with Crippen LogP contribution in [0.15, 0.2) is 0 Å². The van der Waals surface area contributed by atoms with Crippen LogP contribution in [0.4, 0.5) is 4.79 Å². The Hall–Kier alpha value is -1.34. The lowest BCUT2D eigenvalue weighted by molar-refractivity contribution is -0.140. The lowest BCUT2D eigenvalue weighted by Gasteiger charge is -2.22. The molecule has 0 radical (unpaired) electrons. The molecule has 98 valence electrons. The Morgan fingerprint density at radius 3 is 2.59 bits per heavy atom. The standard InChI is InChI=1S/C10H19N3O4/c1-12-3-2-4-13(6-5-12)10(17)11-8(7-14)9(15)16/h8,14H,2-7H2,1H3,(H,11,17)(H,15,16). The van der Waals surface area contributed by atoms with E-state index in [1.807, 2.05) is 7.05 Å². The highest BCUT2D eigenvalue weighted by atomic mass is 16.4. The summed E-state index contributed by atoms with van der Waals surface area (Å²) in [4.78, 5) is 26.1. The van der Waals surface area contributed by atoms with Crippen molar-refractivity contribution in [1.29, 1.82) is 0 Å². The number of hydrogen-bond acceptors (Lipinski definition) is 4. The van der Waals surface area contributed by atoms with Crippen LogP contribution >= 0.6 is 0 Å². The first-order chi connectivity index (χ1) is 8.04. The molecule has 3 N–H and O–H groups in total. The molecule has 0 aliphatic carbocycles. The molecule has 7 heteroatoms. The van der Waals surface area contributed by atoms with Gasteiger partial charge in [-0.15, -0.1) is 0 Å². The smallest absolute Gasteiger partial charge is 0.328 e. The molecule has 1 aliphatic heterocycles. The lowest BCUT2D eigenvalue weighted by atomic mass is 10.3. The quantitative estimate of drug-likeness (QED) is 0.579. The fourth-order valence-electron chi connectivity index (χ4n) is 1.68. The molecule has 0 bridgehead atoms. The zero-order valence-electron chi connectivity index (χ0n) is 9.93. The van der Waals surface area contributed by atoms with E-state index < -0.39 is 24.6 Å². The number of carboxylic acid groups (broad SMARTS) is 1. The topological polar surface area (TPSA) is 93.1 Å². The van der Waals surface area contributed by atoms with Gasteiger partial charge < -0.3 is 25.3 Å². The number of nitrogens with one attached hydrogen (secondary N) is 1. The van der Waals surface area contributed by atoms with Crippen LogP contribution in [0, 0.1) is 0 Å². The van der Waals surface area contributed by atoms with Gasteiger partial charge in [-0.3, -0.25) is 0 Å². The normalized spacial score (nSPS) is 19.5. The van der Waals surface area contributed by atoms with Gasteiger partial charge >= 0.3 is 12.0 Å². The van der Waals surface area contributed by atoms with Gasteiger partial charge in [0, 0.05) is 19.6 Å². The van der Waals surface area contributed by atoms with Crippen LogP contribution in [0.2, 0.25) is 0 Å². The maximum absolute atomic E-state index is 11.8. The number of likely N-dealkylation sites (N-methyl/N-ethyl adjacent to an activating group) is 1. The number of carbonyl (C=O) groups excluding carboxylic acids is 1. The number of aliphatic hydroxyl groups excluding tert-OH is 1. The van der Waals surface area contributed by atoms with E-state index in [-0.39, 0.29) is 0 Å². The van der Waals surface area contributed by atoms with Gasteiger partial charge in [-0.25, -0.2) is 9.59 Å².